The highest BCUT2D eigenvalue weighted by Gasteiger charge is 2.43. The lowest BCUT2D eigenvalue weighted by Crippen LogP contribution is -2.44. The van der Waals surface area contributed by atoms with E-state index in [1.807, 2.05) is 37.3 Å². The van der Waals surface area contributed by atoms with Crippen molar-refractivity contribution in [3.05, 3.63) is 90.0 Å². The Balaban J connectivity index is 1.56. The van der Waals surface area contributed by atoms with Gasteiger partial charge in [0.05, 0.1) is 4.90 Å². The monoisotopic (exact) mass is 435 g/mol. The molecule has 0 saturated heterocycles. The van der Waals surface area contributed by atoms with E-state index in [-0.39, 0.29) is 10.7 Å². The van der Waals surface area contributed by atoms with Crippen LogP contribution < -0.4 is 9.46 Å². The molecule has 3 aromatic rings. The third kappa shape index (κ3) is 4.49. The van der Waals surface area contributed by atoms with Gasteiger partial charge in [0, 0.05) is 17.7 Å². The van der Waals surface area contributed by atoms with Gasteiger partial charge in [-0.15, -0.1) is 0 Å². The van der Waals surface area contributed by atoms with Crippen LogP contribution in [0.1, 0.15) is 36.8 Å². The second kappa shape index (κ2) is 8.55. The first-order chi connectivity index (χ1) is 14.9. The first kappa shape index (κ1) is 21.1. The highest BCUT2D eigenvalue weighted by atomic mass is 32.2. The van der Waals surface area contributed by atoms with Crippen molar-refractivity contribution in [2.45, 2.75) is 43.1 Å². The van der Waals surface area contributed by atoms with Crippen LogP contribution in [0.25, 0.3) is 0 Å². The molecule has 5 nitrogen and oxygen atoms in total. The molecule has 31 heavy (non-hydrogen) atoms. The number of carbonyl (C=O) groups is 1. The Bertz CT molecular complexity index is 1160. The summed E-state index contributed by atoms with van der Waals surface area (Å²) < 4.78 is 34.1. The van der Waals surface area contributed by atoms with Gasteiger partial charge in [0.2, 0.25) is 0 Å². The van der Waals surface area contributed by atoms with Gasteiger partial charge < -0.3 is 4.74 Å². The summed E-state index contributed by atoms with van der Waals surface area (Å²) in [5, 5.41) is 0. The summed E-state index contributed by atoms with van der Waals surface area (Å²) in [6.45, 7) is 1.90. The van der Waals surface area contributed by atoms with Gasteiger partial charge in [-0.2, -0.15) is 0 Å². The van der Waals surface area contributed by atoms with E-state index in [2.05, 4.69) is 4.72 Å². The molecule has 160 valence electrons. The molecule has 0 aliphatic heterocycles. The molecule has 1 aliphatic carbocycles. The molecule has 1 atom stereocenters. The number of nitrogens with one attached hydrogen (secondary N) is 1. The number of Topliss-reactive ketones (excluding diaryl/α,β-unsaturated/α-hetero) is 1. The van der Waals surface area contributed by atoms with Crippen molar-refractivity contribution in [2.24, 2.45) is 0 Å². The van der Waals surface area contributed by atoms with Gasteiger partial charge in [0.25, 0.3) is 10.0 Å². The van der Waals surface area contributed by atoms with Crippen molar-refractivity contribution < 1.29 is 17.9 Å². The predicted molar refractivity (Wildman–Crippen MR) is 121 cm³/mol. The molecular weight excluding hydrogens is 410 g/mol. The lowest BCUT2D eigenvalue weighted by molar-refractivity contribution is -0.138. The number of anilines is 1. The van der Waals surface area contributed by atoms with Crippen molar-refractivity contribution in [3.63, 3.8) is 0 Å². The first-order valence-corrected chi connectivity index (χ1v) is 11.8. The fourth-order valence-corrected chi connectivity index (χ4v) is 4.96. The molecule has 0 spiro atoms. The Morgan fingerprint density at radius 2 is 1.55 bits per heavy atom. The maximum atomic E-state index is 12.9. The average Bonchev–Trinajstić information content (AvgIpc) is 2.77. The van der Waals surface area contributed by atoms with Crippen LogP contribution >= 0.6 is 0 Å². The van der Waals surface area contributed by atoms with Gasteiger partial charge in [-0.1, -0.05) is 48.0 Å². The minimum absolute atomic E-state index is 0.0779. The topological polar surface area (TPSA) is 72.5 Å². The zero-order valence-corrected chi connectivity index (χ0v) is 18.2. The summed E-state index contributed by atoms with van der Waals surface area (Å²) in [5.74, 6) is 0.603. The predicted octanol–water partition coefficient (Wildman–Crippen LogP) is 5.21. The highest BCUT2D eigenvalue weighted by Crippen LogP contribution is 2.39. The van der Waals surface area contributed by atoms with Crippen LogP contribution in [0.5, 0.6) is 5.75 Å². The summed E-state index contributed by atoms with van der Waals surface area (Å²) in [4.78, 5) is 13.1. The Morgan fingerprint density at radius 1 is 0.871 bits per heavy atom. The number of carbonyl (C=O) groups excluding carboxylic acids is 1. The maximum Gasteiger partial charge on any atom is 0.261 e. The molecular formula is C25H25NO4S. The molecule has 0 radical (unpaired) electrons. The SMILES string of the molecule is Cc1ccc(S(=O)(=O)Nc2ccc(OC3(c4ccccc4)CCCCC3=O)cc2)cc1. The summed E-state index contributed by atoms with van der Waals surface area (Å²) in [7, 11) is -3.68. The standard InChI is InChI=1S/C25H25NO4S/c1-19-10-16-23(17-11-19)31(28,29)26-21-12-14-22(15-13-21)30-25(18-6-5-9-24(25)27)20-7-3-2-4-8-20/h2-4,7-8,10-17,26H,5-6,9,18H2,1H3. The molecule has 1 N–H and O–H groups in total. The number of ketones is 1. The molecule has 1 unspecified atom stereocenters. The number of hydrogen-bond acceptors (Lipinski definition) is 4. The van der Waals surface area contributed by atoms with E-state index in [1.165, 1.54) is 0 Å². The molecule has 0 amide bonds. The van der Waals surface area contributed by atoms with Crippen molar-refractivity contribution in [1.29, 1.82) is 0 Å². The minimum Gasteiger partial charge on any atom is -0.475 e. The zero-order valence-electron chi connectivity index (χ0n) is 17.4. The van der Waals surface area contributed by atoms with E-state index in [9.17, 15) is 13.2 Å². The molecule has 0 aromatic heterocycles. The smallest absolute Gasteiger partial charge is 0.261 e. The molecule has 4 rings (SSSR count). The van der Waals surface area contributed by atoms with Crippen LogP contribution in [0.15, 0.2) is 83.8 Å². The second-order valence-corrected chi connectivity index (χ2v) is 9.55. The van der Waals surface area contributed by atoms with Crippen LogP contribution in [0.2, 0.25) is 0 Å². The summed E-state index contributed by atoms with van der Waals surface area (Å²) >= 11 is 0. The van der Waals surface area contributed by atoms with E-state index in [0.717, 1.165) is 24.0 Å². The molecule has 0 heterocycles. The Kier molecular flexibility index (Phi) is 5.83. The normalized spacial score (nSPS) is 19.1. The fraction of sp³-hybridized carbons (Fsp3) is 0.240. The van der Waals surface area contributed by atoms with Gasteiger partial charge in [-0.25, -0.2) is 8.42 Å². The first-order valence-electron chi connectivity index (χ1n) is 10.4. The quantitative estimate of drug-likeness (QED) is 0.577. The Morgan fingerprint density at radius 3 is 2.19 bits per heavy atom. The maximum absolute atomic E-state index is 12.9. The molecule has 1 saturated carbocycles. The Hall–Kier alpha value is -3.12. The molecule has 6 heteroatoms. The number of rotatable bonds is 6. The van der Waals surface area contributed by atoms with Crippen LogP contribution in [0.3, 0.4) is 0 Å². The third-order valence-electron chi connectivity index (χ3n) is 5.60. The van der Waals surface area contributed by atoms with Crippen LogP contribution in [0.4, 0.5) is 5.69 Å². The van der Waals surface area contributed by atoms with Crippen molar-refractivity contribution in [3.8, 4) is 5.75 Å². The highest BCUT2D eigenvalue weighted by molar-refractivity contribution is 7.92. The number of hydrogen-bond donors (Lipinski definition) is 1. The largest absolute Gasteiger partial charge is 0.475 e. The van der Waals surface area contributed by atoms with Crippen LogP contribution in [0, 0.1) is 6.92 Å². The van der Waals surface area contributed by atoms with Gasteiger partial charge in [-0.05, 0) is 62.6 Å². The summed E-state index contributed by atoms with van der Waals surface area (Å²) in [6, 6.07) is 22.9. The van der Waals surface area contributed by atoms with Gasteiger partial charge >= 0.3 is 0 Å². The fourth-order valence-electron chi connectivity index (χ4n) is 3.90. The van der Waals surface area contributed by atoms with E-state index in [4.69, 9.17) is 4.74 Å². The van der Waals surface area contributed by atoms with Gasteiger partial charge in [0.1, 0.15) is 5.75 Å². The van der Waals surface area contributed by atoms with E-state index in [1.54, 1.807) is 48.5 Å². The Labute approximate surface area is 183 Å². The summed E-state index contributed by atoms with van der Waals surface area (Å²) in [5.41, 5.74) is 1.27. The molecule has 1 aliphatic rings. The second-order valence-electron chi connectivity index (χ2n) is 7.87. The average molecular weight is 436 g/mol. The molecule has 1 fully saturated rings. The van der Waals surface area contributed by atoms with Gasteiger partial charge in [0.15, 0.2) is 11.4 Å². The van der Waals surface area contributed by atoms with E-state index in [0.29, 0.717) is 24.3 Å². The third-order valence-corrected chi connectivity index (χ3v) is 7.00. The van der Waals surface area contributed by atoms with Crippen molar-refractivity contribution in [2.75, 3.05) is 4.72 Å². The zero-order chi connectivity index (χ0) is 21.9. The summed E-state index contributed by atoms with van der Waals surface area (Å²) in [6.07, 6.45) is 2.90. The van der Waals surface area contributed by atoms with Gasteiger partial charge in [-0.3, -0.25) is 9.52 Å². The van der Waals surface area contributed by atoms with E-state index < -0.39 is 15.6 Å². The number of ether oxygens (including phenoxy) is 1. The molecule has 0 bridgehead atoms. The van der Waals surface area contributed by atoms with Crippen molar-refractivity contribution >= 4 is 21.5 Å². The number of aryl methyl sites for hydroxylation is 1. The number of sulfonamides is 1. The van der Waals surface area contributed by atoms with E-state index >= 15 is 0 Å². The van der Waals surface area contributed by atoms with Crippen LogP contribution in [-0.2, 0) is 20.4 Å². The number of benzene rings is 3. The van der Waals surface area contributed by atoms with Crippen molar-refractivity contribution in [1.82, 2.24) is 0 Å². The van der Waals surface area contributed by atoms with Crippen LogP contribution in [-0.4, -0.2) is 14.2 Å². The lowest BCUT2D eigenvalue weighted by Gasteiger charge is -2.36. The minimum atomic E-state index is -3.68. The lowest BCUT2D eigenvalue weighted by atomic mass is 9.78. The molecule has 3 aromatic carbocycles.